The molecule has 9 heteroatoms. The number of fused-ring (bicyclic) bond motifs is 1. The van der Waals surface area contributed by atoms with Crippen molar-refractivity contribution in [3.8, 4) is 5.75 Å². The first kappa shape index (κ1) is 16.0. The van der Waals surface area contributed by atoms with Gasteiger partial charge in [-0.3, -0.25) is 14.5 Å². The number of aromatic hydroxyl groups is 1. The molecule has 3 heterocycles. The van der Waals surface area contributed by atoms with E-state index in [1.54, 1.807) is 24.3 Å². The fourth-order valence-electron chi connectivity index (χ4n) is 2.97. The van der Waals surface area contributed by atoms with Crippen LogP contribution in [-0.2, 0) is 16.0 Å². The number of phenolic OH excluding ortho intramolecular Hbond substituents is 1. The highest BCUT2D eigenvalue weighted by atomic mass is 16.3. The molecule has 1 aliphatic rings. The van der Waals surface area contributed by atoms with Crippen molar-refractivity contribution in [3.05, 3.63) is 42.5 Å². The number of nitrogens with zero attached hydrogens (tertiary/aromatic N) is 4. The fraction of sp³-hybridized carbons (Fsp3) is 0.235. The van der Waals surface area contributed by atoms with E-state index in [0.29, 0.717) is 29.9 Å². The SMILES string of the molecule is O=C1C[C@H](Nc2ncnc3nc[nH]c23)C(=O)N1CCc1ccc(O)cc1. The van der Waals surface area contributed by atoms with Crippen LogP contribution in [0.1, 0.15) is 12.0 Å². The number of rotatable bonds is 5. The van der Waals surface area contributed by atoms with Crippen molar-refractivity contribution >= 4 is 28.8 Å². The third-order valence-corrected chi connectivity index (χ3v) is 4.34. The van der Waals surface area contributed by atoms with E-state index in [0.717, 1.165) is 5.56 Å². The highest BCUT2D eigenvalue weighted by molar-refractivity contribution is 6.07. The molecule has 1 atom stereocenters. The van der Waals surface area contributed by atoms with Gasteiger partial charge in [-0.2, -0.15) is 0 Å². The highest BCUT2D eigenvalue weighted by Crippen LogP contribution is 2.21. The second-order valence-electron chi connectivity index (χ2n) is 6.02. The van der Waals surface area contributed by atoms with E-state index in [9.17, 15) is 14.7 Å². The van der Waals surface area contributed by atoms with Gasteiger partial charge in [-0.25, -0.2) is 15.0 Å². The Bertz CT molecular complexity index is 968. The van der Waals surface area contributed by atoms with E-state index in [-0.39, 0.29) is 24.0 Å². The van der Waals surface area contributed by atoms with Gasteiger partial charge in [0.25, 0.3) is 5.91 Å². The molecular formula is C17H16N6O3. The van der Waals surface area contributed by atoms with Crippen molar-refractivity contribution in [2.24, 2.45) is 0 Å². The lowest BCUT2D eigenvalue weighted by Gasteiger charge is -2.16. The zero-order chi connectivity index (χ0) is 18.1. The van der Waals surface area contributed by atoms with Crippen LogP contribution in [-0.4, -0.2) is 54.3 Å². The number of hydrogen-bond donors (Lipinski definition) is 3. The van der Waals surface area contributed by atoms with Gasteiger partial charge >= 0.3 is 0 Å². The average molecular weight is 352 g/mol. The predicted molar refractivity (Wildman–Crippen MR) is 92.2 cm³/mol. The number of amides is 2. The third kappa shape index (κ3) is 2.94. The van der Waals surface area contributed by atoms with Crippen molar-refractivity contribution < 1.29 is 14.7 Å². The van der Waals surface area contributed by atoms with Gasteiger partial charge in [0.1, 0.15) is 23.6 Å². The minimum absolute atomic E-state index is 0.0774. The summed E-state index contributed by atoms with van der Waals surface area (Å²) in [7, 11) is 0. The first-order valence-electron chi connectivity index (χ1n) is 8.14. The summed E-state index contributed by atoms with van der Waals surface area (Å²) in [5.74, 6) is 0.126. The highest BCUT2D eigenvalue weighted by Gasteiger charge is 2.38. The standard InChI is InChI=1S/C17H16N6O3/c24-11-3-1-10(2-4-11)5-6-23-13(25)7-12(17(23)26)22-16-14-15(19-8-18-14)20-9-21-16/h1-4,8-9,12,24H,5-7H2,(H2,18,19,20,21,22)/t12-/m0/s1. The van der Waals surface area contributed by atoms with Crippen molar-refractivity contribution in [1.82, 2.24) is 24.8 Å². The summed E-state index contributed by atoms with van der Waals surface area (Å²) in [4.78, 5) is 41.2. The molecule has 26 heavy (non-hydrogen) atoms. The number of aromatic nitrogens is 4. The Hall–Kier alpha value is -3.49. The Balaban J connectivity index is 1.45. The van der Waals surface area contributed by atoms with E-state index >= 15 is 0 Å². The Labute approximate surface area is 148 Å². The molecule has 9 nitrogen and oxygen atoms in total. The molecule has 0 aliphatic carbocycles. The van der Waals surface area contributed by atoms with E-state index in [4.69, 9.17) is 0 Å². The summed E-state index contributed by atoms with van der Waals surface area (Å²) < 4.78 is 0. The molecule has 0 spiro atoms. The minimum atomic E-state index is -0.663. The second kappa shape index (κ2) is 6.43. The van der Waals surface area contributed by atoms with E-state index in [1.807, 2.05) is 0 Å². The number of benzene rings is 1. The maximum atomic E-state index is 12.6. The lowest BCUT2D eigenvalue weighted by Crippen LogP contribution is -2.36. The molecule has 3 N–H and O–H groups in total. The molecule has 2 amide bonds. The van der Waals surface area contributed by atoms with Crippen LogP contribution < -0.4 is 5.32 Å². The maximum absolute atomic E-state index is 12.6. The van der Waals surface area contributed by atoms with E-state index in [1.165, 1.54) is 17.6 Å². The van der Waals surface area contributed by atoms with E-state index < -0.39 is 6.04 Å². The number of phenols is 1. The molecule has 4 rings (SSSR count). The number of carbonyl (C=O) groups is 2. The average Bonchev–Trinajstić information content (AvgIpc) is 3.21. The van der Waals surface area contributed by atoms with Crippen LogP contribution in [0.5, 0.6) is 5.75 Å². The topological polar surface area (TPSA) is 124 Å². The third-order valence-electron chi connectivity index (χ3n) is 4.34. The van der Waals surface area contributed by atoms with Gasteiger partial charge in [0.2, 0.25) is 5.91 Å². The number of hydrogen-bond acceptors (Lipinski definition) is 7. The quantitative estimate of drug-likeness (QED) is 0.581. The second-order valence-corrected chi connectivity index (χ2v) is 6.02. The van der Waals surface area contributed by atoms with Gasteiger partial charge in [0.15, 0.2) is 11.5 Å². The number of anilines is 1. The summed E-state index contributed by atoms with van der Waals surface area (Å²) in [6.07, 6.45) is 3.46. The van der Waals surface area contributed by atoms with Crippen molar-refractivity contribution in [2.45, 2.75) is 18.9 Å². The maximum Gasteiger partial charge on any atom is 0.252 e. The number of imide groups is 1. The van der Waals surface area contributed by atoms with Crippen LogP contribution in [0.2, 0.25) is 0 Å². The molecule has 1 aromatic carbocycles. The molecular weight excluding hydrogens is 336 g/mol. The largest absolute Gasteiger partial charge is 0.508 e. The van der Waals surface area contributed by atoms with Crippen LogP contribution in [0.15, 0.2) is 36.9 Å². The van der Waals surface area contributed by atoms with E-state index in [2.05, 4.69) is 25.3 Å². The Morgan fingerprint density at radius 3 is 2.81 bits per heavy atom. The summed E-state index contributed by atoms with van der Waals surface area (Å²) in [6.45, 7) is 0.295. The zero-order valence-electron chi connectivity index (χ0n) is 13.7. The van der Waals surface area contributed by atoms with Gasteiger partial charge in [0.05, 0.1) is 12.7 Å². The predicted octanol–water partition coefficient (Wildman–Crippen LogP) is 0.841. The number of carbonyl (C=O) groups excluding carboxylic acids is 2. The molecule has 0 saturated carbocycles. The fourth-order valence-corrected chi connectivity index (χ4v) is 2.97. The Morgan fingerprint density at radius 1 is 1.19 bits per heavy atom. The Kier molecular flexibility index (Phi) is 3.96. The smallest absolute Gasteiger partial charge is 0.252 e. The van der Waals surface area contributed by atoms with Gasteiger partial charge in [-0.05, 0) is 24.1 Å². The number of nitrogens with one attached hydrogen (secondary N) is 2. The normalized spacial score (nSPS) is 17.2. The number of imidazole rings is 1. The molecule has 0 bridgehead atoms. The molecule has 132 valence electrons. The molecule has 2 aromatic heterocycles. The molecule has 1 fully saturated rings. The van der Waals surface area contributed by atoms with Crippen LogP contribution in [0.25, 0.3) is 11.2 Å². The van der Waals surface area contributed by atoms with Crippen LogP contribution in [0, 0.1) is 0 Å². The van der Waals surface area contributed by atoms with Crippen LogP contribution in [0.4, 0.5) is 5.82 Å². The van der Waals surface area contributed by atoms with Gasteiger partial charge < -0.3 is 15.4 Å². The van der Waals surface area contributed by atoms with Crippen LogP contribution in [0.3, 0.4) is 0 Å². The Morgan fingerprint density at radius 2 is 2.00 bits per heavy atom. The van der Waals surface area contributed by atoms with Crippen molar-refractivity contribution in [2.75, 3.05) is 11.9 Å². The zero-order valence-corrected chi connectivity index (χ0v) is 13.7. The monoisotopic (exact) mass is 352 g/mol. The number of aromatic amines is 1. The minimum Gasteiger partial charge on any atom is -0.508 e. The van der Waals surface area contributed by atoms with Crippen molar-refractivity contribution in [3.63, 3.8) is 0 Å². The number of likely N-dealkylation sites (tertiary alicyclic amines) is 1. The summed E-state index contributed by atoms with van der Waals surface area (Å²) in [5.41, 5.74) is 2.02. The summed E-state index contributed by atoms with van der Waals surface area (Å²) >= 11 is 0. The van der Waals surface area contributed by atoms with Gasteiger partial charge in [-0.1, -0.05) is 12.1 Å². The summed E-state index contributed by atoms with van der Waals surface area (Å²) in [5, 5.41) is 12.3. The molecule has 0 unspecified atom stereocenters. The van der Waals surface area contributed by atoms with Gasteiger partial charge in [0, 0.05) is 6.54 Å². The van der Waals surface area contributed by atoms with Crippen LogP contribution >= 0.6 is 0 Å². The first-order valence-corrected chi connectivity index (χ1v) is 8.14. The molecule has 3 aromatic rings. The van der Waals surface area contributed by atoms with Crippen molar-refractivity contribution in [1.29, 1.82) is 0 Å². The molecule has 1 aliphatic heterocycles. The lowest BCUT2D eigenvalue weighted by atomic mass is 10.1. The molecule has 1 saturated heterocycles. The van der Waals surface area contributed by atoms with Gasteiger partial charge in [-0.15, -0.1) is 0 Å². The molecule has 0 radical (unpaired) electrons. The summed E-state index contributed by atoms with van der Waals surface area (Å²) in [6, 6.07) is 6.04. The number of H-pyrrole nitrogens is 1. The lowest BCUT2D eigenvalue weighted by molar-refractivity contribution is -0.138. The first-order chi connectivity index (χ1) is 12.6.